The molecule has 0 spiro atoms. The summed E-state index contributed by atoms with van der Waals surface area (Å²) in [5.74, 6) is 1.02. The molecule has 0 saturated carbocycles. The van der Waals surface area contributed by atoms with Gasteiger partial charge < -0.3 is 9.64 Å². The van der Waals surface area contributed by atoms with E-state index in [4.69, 9.17) is 9.72 Å². The van der Waals surface area contributed by atoms with Crippen LogP contribution in [0.2, 0.25) is 0 Å². The molecule has 3 bridgehead atoms. The number of para-hydroxylation sites is 2. The second kappa shape index (κ2) is 5.88. The second-order valence-corrected chi connectivity index (χ2v) is 6.71. The molecule has 3 heterocycles. The van der Waals surface area contributed by atoms with Crippen LogP contribution in [-0.4, -0.2) is 11.6 Å². The minimum Gasteiger partial charge on any atom is -0.491 e. The molecular weight excluding hydrogens is 284 g/mol. The Morgan fingerprint density at radius 1 is 1.00 bits per heavy atom. The van der Waals surface area contributed by atoms with Crippen molar-refractivity contribution in [1.82, 2.24) is 4.98 Å². The molecular formula is C20H24N2O. The third-order valence-corrected chi connectivity index (χ3v) is 5.21. The quantitative estimate of drug-likeness (QED) is 0.724. The summed E-state index contributed by atoms with van der Waals surface area (Å²) in [6.07, 6.45) is 4.59. The average Bonchev–Trinajstić information content (AvgIpc) is 3.01. The van der Waals surface area contributed by atoms with Gasteiger partial charge in [0.25, 0.3) is 0 Å². The number of ether oxygens (including phenoxy) is 1. The molecule has 0 atom stereocenters. The predicted molar refractivity (Wildman–Crippen MR) is 93.1 cm³/mol. The number of hydrogen-bond donors (Lipinski definition) is 0. The number of aryl methyl sites for hydroxylation is 2. The number of rotatable bonds is 0. The van der Waals surface area contributed by atoms with Gasteiger partial charge in [0.1, 0.15) is 5.75 Å². The molecule has 0 N–H and O–H groups in total. The van der Waals surface area contributed by atoms with E-state index in [0.29, 0.717) is 0 Å². The van der Waals surface area contributed by atoms with Gasteiger partial charge in [0, 0.05) is 24.5 Å². The van der Waals surface area contributed by atoms with Crippen LogP contribution in [0, 0.1) is 13.8 Å². The number of nitrogens with zero attached hydrogens (tertiary/aromatic N) is 2. The standard InChI is InChI=1S/C20H24N2O/c1-14-16-12-22-13-17(16)15(2)21-18(14)8-4-3-7-11-23-20-10-6-5-9-19(20)22/h5-6,9-10H,3-4,7-8,11-13H2,1-2H3. The van der Waals surface area contributed by atoms with Gasteiger partial charge in [-0.25, -0.2) is 0 Å². The molecule has 0 aliphatic carbocycles. The Kier molecular flexibility index (Phi) is 3.72. The Morgan fingerprint density at radius 2 is 1.83 bits per heavy atom. The Labute approximate surface area is 138 Å². The maximum absolute atomic E-state index is 6.08. The van der Waals surface area contributed by atoms with E-state index in [0.717, 1.165) is 38.3 Å². The zero-order valence-electron chi connectivity index (χ0n) is 14.1. The van der Waals surface area contributed by atoms with Crippen LogP contribution in [0.3, 0.4) is 0 Å². The maximum atomic E-state index is 6.08. The van der Waals surface area contributed by atoms with Gasteiger partial charge in [-0.2, -0.15) is 0 Å². The van der Waals surface area contributed by atoms with E-state index in [-0.39, 0.29) is 0 Å². The molecule has 1 aromatic carbocycles. The Balaban J connectivity index is 1.80. The van der Waals surface area contributed by atoms with Crippen LogP contribution < -0.4 is 9.64 Å². The van der Waals surface area contributed by atoms with Crippen molar-refractivity contribution in [3.63, 3.8) is 0 Å². The lowest BCUT2D eigenvalue weighted by atomic mass is 9.99. The summed E-state index contributed by atoms with van der Waals surface area (Å²) in [7, 11) is 0. The largest absolute Gasteiger partial charge is 0.491 e. The lowest BCUT2D eigenvalue weighted by Gasteiger charge is -2.21. The summed E-state index contributed by atoms with van der Waals surface area (Å²) in [5.41, 5.74) is 8.03. The number of aromatic nitrogens is 1. The maximum Gasteiger partial charge on any atom is 0.142 e. The van der Waals surface area contributed by atoms with E-state index >= 15 is 0 Å². The third-order valence-electron chi connectivity index (χ3n) is 5.21. The van der Waals surface area contributed by atoms with Crippen LogP contribution in [0.5, 0.6) is 5.75 Å². The summed E-state index contributed by atoms with van der Waals surface area (Å²) < 4.78 is 6.08. The van der Waals surface area contributed by atoms with Crippen LogP contribution in [0.1, 0.15) is 47.3 Å². The van der Waals surface area contributed by atoms with Crippen molar-refractivity contribution in [2.75, 3.05) is 11.5 Å². The highest BCUT2D eigenvalue weighted by atomic mass is 16.5. The fraction of sp³-hybridized carbons (Fsp3) is 0.450. The normalized spacial score (nSPS) is 17.0. The highest BCUT2D eigenvalue weighted by Crippen LogP contribution is 2.37. The molecule has 0 amide bonds. The monoisotopic (exact) mass is 308 g/mol. The van der Waals surface area contributed by atoms with Crippen LogP contribution in [0.15, 0.2) is 24.3 Å². The predicted octanol–water partition coefficient (Wildman–Crippen LogP) is 4.32. The molecule has 23 heavy (non-hydrogen) atoms. The molecule has 0 saturated heterocycles. The number of benzene rings is 1. The highest BCUT2D eigenvalue weighted by molar-refractivity contribution is 5.62. The van der Waals surface area contributed by atoms with Crippen molar-refractivity contribution in [2.45, 2.75) is 52.6 Å². The lowest BCUT2D eigenvalue weighted by molar-refractivity contribution is 0.305. The van der Waals surface area contributed by atoms with Crippen molar-refractivity contribution < 1.29 is 4.74 Å². The topological polar surface area (TPSA) is 25.4 Å². The van der Waals surface area contributed by atoms with Crippen molar-refractivity contribution >= 4 is 5.69 Å². The van der Waals surface area contributed by atoms with E-state index in [1.54, 1.807) is 0 Å². The fourth-order valence-corrected chi connectivity index (χ4v) is 3.84. The van der Waals surface area contributed by atoms with Gasteiger partial charge in [-0.15, -0.1) is 0 Å². The Bertz CT molecular complexity index is 739. The van der Waals surface area contributed by atoms with Gasteiger partial charge in [0.2, 0.25) is 0 Å². The number of fused-ring (bicyclic) bond motifs is 4. The number of anilines is 1. The summed E-state index contributed by atoms with van der Waals surface area (Å²) >= 11 is 0. The first-order chi connectivity index (χ1) is 11.2. The minimum atomic E-state index is 0.804. The SMILES string of the molecule is Cc1nc2c(C)c3c1CN(C3)c1ccccc1OCCCCC2. The van der Waals surface area contributed by atoms with Gasteiger partial charge in [-0.3, -0.25) is 4.98 Å². The first-order valence-corrected chi connectivity index (χ1v) is 8.68. The molecule has 0 fully saturated rings. The van der Waals surface area contributed by atoms with Crippen molar-refractivity contribution in [2.24, 2.45) is 0 Å². The summed E-state index contributed by atoms with van der Waals surface area (Å²) in [6, 6.07) is 8.45. The molecule has 0 unspecified atom stereocenters. The zero-order valence-corrected chi connectivity index (χ0v) is 14.1. The van der Waals surface area contributed by atoms with E-state index in [9.17, 15) is 0 Å². The molecule has 120 valence electrons. The highest BCUT2D eigenvalue weighted by Gasteiger charge is 2.26. The van der Waals surface area contributed by atoms with Gasteiger partial charge in [0.15, 0.2) is 0 Å². The molecule has 1 aromatic heterocycles. The average molecular weight is 308 g/mol. The van der Waals surface area contributed by atoms with Crippen LogP contribution in [0.4, 0.5) is 5.69 Å². The molecule has 2 aromatic rings. The summed E-state index contributed by atoms with van der Waals surface area (Å²) in [4.78, 5) is 7.36. The number of pyridine rings is 1. The van der Waals surface area contributed by atoms with Gasteiger partial charge in [0.05, 0.1) is 12.3 Å². The van der Waals surface area contributed by atoms with Gasteiger partial charge in [-0.05, 0) is 68.4 Å². The molecule has 4 rings (SSSR count). The Morgan fingerprint density at radius 3 is 2.74 bits per heavy atom. The number of hydrogen-bond acceptors (Lipinski definition) is 3. The van der Waals surface area contributed by atoms with Gasteiger partial charge in [-0.1, -0.05) is 12.1 Å². The third kappa shape index (κ3) is 2.58. The van der Waals surface area contributed by atoms with E-state index in [1.807, 2.05) is 0 Å². The van der Waals surface area contributed by atoms with Crippen molar-refractivity contribution in [1.29, 1.82) is 0 Å². The van der Waals surface area contributed by atoms with E-state index in [1.165, 1.54) is 46.6 Å². The van der Waals surface area contributed by atoms with Crippen LogP contribution in [-0.2, 0) is 19.5 Å². The van der Waals surface area contributed by atoms with E-state index in [2.05, 4.69) is 43.0 Å². The van der Waals surface area contributed by atoms with Crippen LogP contribution in [0.25, 0.3) is 0 Å². The summed E-state index contributed by atoms with van der Waals surface area (Å²) in [5, 5.41) is 0. The first-order valence-electron chi connectivity index (χ1n) is 8.68. The fourth-order valence-electron chi connectivity index (χ4n) is 3.84. The molecule has 2 aliphatic heterocycles. The summed E-state index contributed by atoms with van der Waals surface area (Å²) in [6.45, 7) is 7.14. The molecule has 0 radical (unpaired) electrons. The van der Waals surface area contributed by atoms with Gasteiger partial charge >= 0.3 is 0 Å². The Hall–Kier alpha value is -2.03. The van der Waals surface area contributed by atoms with Crippen LogP contribution >= 0.6 is 0 Å². The molecule has 3 nitrogen and oxygen atoms in total. The lowest BCUT2D eigenvalue weighted by Crippen LogP contribution is -2.16. The smallest absolute Gasteiger partial charge is 0.142 e. The second-order valence-electron chi connectivity index (χ2n) is 6.71. The van der Waals surface area contributed by atoms with E-state index < -0.39 is 0 Å². The first kappa shape index (κ1) is 14.6. The molecule has 2 aliphatic rings. The minimum absolute atomic E-state index is 0.804. The molecule has 3 heteroatoms. The van der Waals surface area contributed by atoms with Crippen molar-refractivity contribution in [3.8, 4) is 5.75 Å². The van der Waals surface area contributed by atoms with Crippen molar-refractivity contribution in [3.05, 3.63) is 52.3 Å². The zero-order chi connectivity index (χ0) is 15.8.